The van der Waals surface area contributed by atoms with Gasteiger partial charge < -0.3 is 5.11 Å². The molecule has 5 nitrogen and oxygen atoms in total. The van der Waals surface area contributed by atoms with Gasteiger partial charge in [-0.1, -0.05) is 36.4 Å². The zero-order chi connectivity index (χ0) is 15.5. The lowest BCUT2D eigenvalue weighted by Gasteiger charge is -2.04. The standard InChI is InChI=1S/C16H14N4OS/c1-11-5-2-3-8-14(11)15-18-19-16(22)20(15)17-10-12-6-4-7-13(21)9-12/h2-10,21H,1H3,(H,19,22). The van der Waals surface area contributed by atoms with Crippen LogP contribution in [0.25, 0.3) is 11.4 Å². The van der Waals surface area contributed by atoms with Gasteiger partial charge in [-0.2, -0.15) is 14.9 Å². The van der Waals surface area contributed by atoms with E-state index in [4.69, 9.17) is 12.2 Å². The minimum atomic E-state index is 0.193. The van der Waals surface area contributed by atoms with E-state index in [1.165, 1.54) is 0 Å². The van der Waals surface area contributed by atoms with E-state index in [0.717, 1.165) is 16.7 Å². The van der Waals surface area contributed by atoms with Gasteiger partial charge in [-0.05, 0) is 42.4 Å². The van der Waals surface area contributed by atoms with Gasteiger partial charge in [0.15, 0.2) is 5.82 Å². The smallest absolute Gasteiger partial charge is 0.216 e. The molecule has 0 saturated heterocycles. The van der Waals surface area contributed by atoms with Gasteiger partial charge in [-0.15, -0.1) is 0 Å². The quantitative estimate of drug-likeness (QED) is 0.575. The molecule has 0 atom stereocenters. The third kappa shape index (κ3) is 2.82. The first kappa shape index (κ1) is 14.2. The fourth-order valence-electron chi connectivity index (χ4n) is 2.13. The van der Waals surface area contributed by atoms with Crippen molar-refractivity contribution in [1.29, 1.82) is 0 Å². The van der Waals surface area contributed by atoms with E-state index in [9.17, 15) is 5.11 Å². The molecule has 0 fully saturated rings. The first-order chi connectivity index (χ1) is 10.6. The van der Waals surface area contributed by atoms with E-state index in [1.807, 2.05) is 37.3 Å². The number of hydrogen-bond acceptors (Lipinski definition) is 4. The van der Waals surface area contributed by atoms with Crippen LogP contribution in [0.5, 0.6) is 5.75 Å². The van der Waals surface area contributed by atoms with Crippen molar-refractivity contribution in [1.82, 2.24) is 14.9 Å². The van der Waals surface area contributed by atoms with Crippen LogP contribution in [0.4, 0.5) is 0 Å². The summed E-state index contributed by atoms with van der Waals surface area (Å²) in [5.41, 5.74) is 2.83. The monoisotopic (exact) mass is 310 g/mol. The number of phenolic OH excluding ortho intramolecular Hbond substituents is 1. The van der Waals surface area contributed by atoms with Crippen LogP contribution >= 0.6 is 12.2 Å². The lowest BCUT2D eigenvalue weighted by atomic mass is 10.1. The molecular formula is C16H14N4OS. The van der Waals surface area contributed by atoms with Gasteiger partial charge in [0, 0.05) is 5.56 Å². The number of phenols is 1. The summed E-state index contributed by atoms with van der Waals surface area (Å²) >= 11 is 5.24. The van der Waals surface area contributed by atoms with E-state index in [1.54, 1.807) is 29.1 Å². The molecule has 0 bridgehead atoms. The van der Waals surface area contributed by atoms with Crippen LogP contribution in [0.1, 0.15) is 11.1 Å². The Morgan fingerprint density at radius 2 is 2.05 bits per heavy atom. The highest BCUT2D eigenvalue weighted by Gasteiger charge is 2.09. The van der Waals surface area contributed by atoms with E-state index in [0.29, 0.717) is 10.6 Å². The number of hydrogen-bond donors (Lipinski definition) is 2. The second-order valence-electron chi connectivity index (χ2n) is 4.82. The van der Waals surface area contributed by atoms with Crippen LogP contribution in [-0.4, -0.2) is 26.2 Å². The maximum absolute atomic E-state index is 9.49. The predicted molar refractivity (Wildman–Crippen MR) is 88.7 cm³/mol. The summed E-state index contributed by atoms with van der Waals surface area (Å²) in [6.07, 6.45) is 1.63. The van der Waals surface area contributed by atoms with Crippen molar-refractivity contribution < 1.29 is 5.11 Å². The highest BCUT2D eigenvalue weighted by molar-refractivity contribution is 7.71. The van der Waals surface area contributed by atoms with Crippen molar-refractivity contribution in [2.45, 2.75) is 6.92 Å². The average molecular weight is 310 g/mol. The minimum Gasteiger partial charge on any atom is -0.508 e. The number of H-pyrrole nitrogens is 1. The first-order valence-electron chi connectivity index (χ1n) is 6.72. The summed E-state index contributed by atoms with van der Waals surface area (Å²) < 4.78 is 1.98. The Hall–Kier alpha value is -2.73. The molecule has 3 aromatic rings. The first-order valence-corrected chi connectivity index (χ1v) is 7.13. The minimum absolute atomic E-state index is 0.193. The van der Waals surface area contributed by atoms with Gasteiger partial charge in [-0.25, -0.2) is 5.10 Å². The predicted octanol–water partition coefficient (Wildman–Crippen LogP) is 3.50. The van der Waals surface area contributed by atoms with Crippen LogP contribution in [0.15, 0.2) is 53.6 Å². The lowest BCUT2D eigenvalue weighted by Crippen LogP contribution is -1.96. The fourth-order valence-corrected chi connectivity index (χ4v) is 2.31. The molecule has 3 rings (SSSR count). The third-order valence-electron chi connectivity index (χ3n) is 3.23. The van der Waals surface area contributed by atoms with Crippen LogP contribution < -0.4 is 0 Å². The largest absolute Gasteiger partial charge is 0.508 e. The van der Waals surface area contributed by atoms with E-state index in [-0.39, 0.29) is 5.75 Å². The second-order valence-corrected chi connectivity index (χ2v) is 5.21. The van der Waals surface area contributed by atoms with Crippen molar-refractivity contribution in [2.24, 2.45) is 5.10 Å². The van der Waals surface area contributed by atoms with Crippen molar-refractivity contribution in [2.75, 3.05) is 0 Å². The Kier molecular flexibility index (Phi) is 3.84. The molecule has 0 aliphatic heterocycles. The zero-order valence-electron chi connectivity index (χ0n) is 11.9. The Morgan fingerprint density at radius 3 is 2.82 bits per heavy atom. The maximum Gasteiger partial charge on any atom is 0.216 e. The Bertz CT molecular complexity index is 895. The molecule has 22 heavy (non-hydrogen) atoms. The Labute approximate surface area is 132 Å². The van der Waals surface area contributed by atoms with Crippen LogP contribution in [-0.2, 0) is 0 Å². The van der Waals surface area contributed by atoms with Gasteiger partial charge >= 0.3 is 0 Å². The Balaban J connectivity index is 2.04. The second kappa shape index (κ2) is 5.95. The topological polar surface area (TPSA) is 66.2 Å². The van der Waals surface area contributed by atoms with Gasteiger partial charge in [0.2, 0.25) is 4.77 Å². The number of aryl methyl sites for hydroxylation is 1. The zero-order valence-corrected chi connectivity index (χ0v) is 12.7. The van der Waals surface area contributed by atoms with Crippen LogP contribution in [0.2, 0.25) is 0 Å². The molecule has 2 N–H and O–H groups in total. The van der Waals surface area contributed by atoms with Gasteiger partial charge in [0.1, 0.15) is 5.75 Å². The third-order valence-corrected chi connectivity index (χ3v) is 3.49. The number of rotatable bonds is 3. The SMILES string of the molecule is Cc1ccccc1-c1n[nH]c(=S)n1N=Cc1cccc(O)c1. The number of aromatic amines is 1. The number of benzene rings is 2. The maximum atomic E-state index is 9.49. The van der Waals surface area contributed by atoms with Crippen molar-refractivity contribution in [3.8, 4) is 17.1 Å². The number of aromatic nitrogens is 3. The summed E-state index contributed by atoms with van der Waals surface area (Å²) in [5, 5.41) is 20.9. The summed E-state index contributed by atoms with van der Waals surface area (Å²) in [7, 11) is 0. The fraction of sp³-hybridized carbons (Fsp3) is 0.0625. The summed E-state index contributed by atoms with van der Waals surface area (Å²) in [6, 6.07) is 14.7. The van der Waals surface area contributed by atoms with Crippen LogP contribution in [0.3, 0.4) is 0 Å². The van der Waals surface area contributed by atoms with Gasteiger partial charge in [0.05, 0.1) is 6.21 Å². The van der Waals surface area contributed by atoms with Gasteiger partial charge in [-0.3, -0.25) is 0 Å². The normalized spacial score (nSPS) is 11.1. The summed E-state index contributed by atoms with van der Waals surface area (Å²) in [5.74, 6) is 0.846. The molecular weight excluding hydrogens is 296 g/mol. The number of nitrogens with one attached hydrogen (secondary N) is 1. The summed E-state index contributed by atoms with van der Waals surface area (Å²) in [6.45, 7) is 2.01. The number of aromatic hydroxyl groups is 1. The molecule has 6 heteroatoms. The number of nitrogens with zero attached hydrogens (tertiary/aromatic N) is 3. The average Bonchev–Trinajstić information content (AvgIpc) is 2.87. The lowest BCUT2D eigenvalue weighted by molar-refractivity contribution is 0.475. The van der Waals surface area contributed by atoms with Crippen LogP contribution in [0, 0.1) is 11.7 Å². The molecule has 2 aromatic carbocycles. The molecule has 0 aliphatic rings. The molecule has 0 radical (unpaired) electrons. The highest BCUT2D eigenvalue weighted by atomic mass is 32.1. The molecule has 0 saturated carbocycles. The Morgan fingerprint density at radius 1 is 1.23 bits per heavy atom. The van der Waals surface area contributed by atoms with Gasteiger partial charge in [0.25, 0.3) is 0 Å². The van der Waals surface area contributed by atoms with E-state index in [2.05, 4.69) is 15.3 Å². The summed E-state index contributed by atoms with van der Waals surface area (Å²) in [4.78, 5) is 0. The molecule has 0 amide bonds. The van der Waals surface area contributed by atoms with Crippen molar-refractivity contribution in [3.63, 3.8) is 0 Å². The molecule has 1 heterocycles. The molecule has 0 aliphatic carbocycles. The van der Waals surface area contributed by atoms with E-state index < -0.39 is 0 Å². The highest BCUT2D eigenvalue weighted by Crippen LogP contribution is 2.21. The molecule has 110 valence electrons. The van der Waals surface area contributed by atoms with Crippen molar-refractivity contribution in [3.05, 3.63) is 64.4 Å². The molecule has 0 unspecified atom stereocenters. The van der Waals surface area contributed by atoms with E-state index >= 15 is 0 Å². The van der Waals surface area contributed by atoms with Crippen molar-refractivity contribution >= 4 is 18.4 Å². The molecule has 0 spiro atoms. The molecule has 1 aromatic heterocycles.